The van der Waals surface area contributed by atoms with E-state index in [0.29, 0.717) is 21.5 Å². The molecular formula is C22H12O7S. The molecule has 1 aliphatic heterocycles. The molecule has 0 amide bonds. The van der Waals surface area contributed by atoms with Gasteiger partial charge in [-0.05, 0) is 47.2 Å². The van der Waals surface area contributed by atoms with Crippen molar-refractivity contribution in [3.8, 4) is 11.5 Å². The molecule has 4 aromatic rings. The van der Waals surface area contributed by atoms with Crippen LogP contribution in [0.25, 0.3) is 21.5 Å². The topological polar surface area (TPSA) is 118 Å². The van der Waals surface area contributed by atoms with E-state index in [4.69, 9.17) is 4.74 Å². The minimum atomic E-state index is -4.04. The molecule has 5 rings (SSSR count). The Kier molecular flexibility index (Phi) is 3.65. The van der Waals surface area contributed by atoms with Crippen LogP contribution in [0.5, 0.6) is 11.5 Å². The van der Waals surface area contributed by atoms with E-state index < -0.39 is 21.8 Å². The van der Waals surface area contributed by atoms with Gasteiger partial charge in [-0.3, -0.25) is 0 Å². The minimum Gasteiger partial charge on any atom is -0.478 e. The molecule has 0 radical (unpaired) electrons. The van der Waals surface area contributed by atoms with E-state index in [1.54, 1.807) is 12.1 Å². The first-order chi connectivity index (χ1) is 14.3. The van der Waals surface area contributed by atoms with E-state index in [9.17, 15) is 28.2 Å². The maximum absolute atomic E-state index is 13.6. The normalized spacial score (nSPS) is 14.0. The number of rotatable bonds is 2. The van der Waals surface area contributed by atoms with Crippen molar-refractivity contribution in [3.63, 3.8) is 0 Å². The van der Waals surface area contributed by atoms with Crippen molar-refractivity contribution in [3.05, 3.63) is 71.8 Å². The van der Waals surface area contributed by atoms with Gasteiger partial charge in [-0.1, -0.05) is 24.3 Å². The molecule has 7 nitrogen and oxygen atoms in total. The van der Waals surface area contributed by atoms with Crippen molar-refractivity contribution < 1.29 is 33.0 Å². The number of carboxylic acid groups (broad SMARTS) is 2. The van der Waals surface area contributed by atoms with Crippen LogP contribution in [0.1, 0.15) is 20.7 Å². The highest BCUT2D eigenvalue weighted by Crippen LogP contribution is 2.48. The second kappa shape index (κ2) is 6.04. The molecule has 1 heterocycles. The molecule has 0 saturated heterocycles. The van der Waals surface area contributed by atoms with Crippen molar-refractivity contribution in [2.24, 2.45) is 0 Å². The first-order valence-electron chi connectivity index (χ1n) is 8.80. The second-order valence-corrected chi connectivity index (χ2v) is 8.70. The number of benzene rings is 4. The molecule has 0 unspecified atom stereocenters. The molecule has 148 valence electrons. The van der Waals surface area contributed by atoms with Crippen LogP contribution in [0.15, 0.2) is 70.5 Å². The van der Waals surface area contributed by atoms with Gasteiger partial charge in [0, 0.05) is 10.8 Å². The van der Waals surface area contributed by atoms with Gasteiger partial charge in [-0.15, -0.1) is 0 Å². The van der Waals surface area contributed by atoms with Crippen molar-refractivity contribution in [2.75, 3.05) is 0 Å². The summed E-state index contributed by atoms with van der Waals surface area (Å²) in [5.74, 6) is -1.92. The summed E-state index contributed by atoms with van der Waals surface area (Å²) in [6.45, 7) is 0. The highest BCUT2D eigenvalue weighted by atomic mass is 32.2. The number of aromatic carboxylic acids is 2. The van der Waals surface area contributed by atoms with Crippen LogP contribution in [0.3, 0.4) is 0 Å². The standard InChI is InChI=1S/C22H12O7S/c23-21(24)13-1-5-15-11(9-13)3-7-17-19(15)30(27,28)20-16-6-2-14(22(25)26)10-12(16)4-8-18(20)29-17/h1-10H,(H,23,24)(H,25,26). The number of carbonyl (C=O) groups is 2. The molecule has 8 heteroatoms. The Bertz CT molecular complexity index is 1430. The zero-order chi connectivity index (χ0) is 21.2. The minimum absolute atomic E-state index is 0.0424. The first-order valence-corrected chi connectivity index (χ1v) is 10.3. The summed E-state index contributed by atoms with van der Waals surface area (Å²) in [5.41, 5.74) is 0.0900. The van der Waals surface area contributed by atoms with Crippen LogP contribution in [-0.2, 0) is 9.84 Å². The number of sulfone groups is 1. The number of hydrogen-bond donors (Lipinski definition) is 2. The second-order valence-electron chi connectivity index (χ2n) is 6.87. The van der Waals surface area contributed by atoms with Crippen LogP contribution in [0.4, 0.5) is 0 Å². The first kappa shape index (κ1) is 18.1. The predicted molar refractivity (Wildman–Crippen MR) is 107 cm³/mol. The lowest BCUT2D eigenvalue weighted by Crippen LogP contribution is -2.12. The van der Waals surface area contributed by atoms with Gasteiger partial charge in [0.05, 0.1) is 11.1 Å². The number of carboxylic acids is 2. The van der Waals surface area contributed by atoms with Gasteiger partial charge in [-0.2, -0.15) is 0 Å². The molecule has 0 aromatic heterocycles. The molecule has 0 fully saturated rings. The van der Waals surface area contributed by atoms with Crippen LogP contribution in [0.2, 0.25) is 0 Å². The van der Waals surface area contributed by atoms with Gasteiger partial charge >= 0.3 is 11.9 Å². The fraction of sp³-hybridized carbons (Fsp3) is 0. The lowest BCUT2D eigenvalue weighted by Gasteiger charge is -2.23. The average Bonchev–Trinajstić information content (AvgIpc) is 2.71. The van der Waals surface area contributed by atoms with Gasteiger partial charge in [0.2, 0.25) is 9.84 Å². The Labute approximate surface area is 169 Å². The summed E-state index contributed by atoms with van der Waals surface area (Å²) < 4.78 is 33.2. The summed E-state index contributed by atoms with van der Waals surface area (Å²) in [5, 5.41) is 20.0. The zero-order valence-electron chi connectivity index (χ0n) is 15.1. The SMILES string of the molecule is O=C(O)c1ccc2c3c(ccc2c1)Oc1ccc2cc(C(=O)O)ccc2c1S3(=O)=O. The third kappa shape index (κ3) is 2.47. The molecule has 4 aromatic carbocycles. The third-order valence-electron chi connectivity index (χ3n) is 5.12. The van der Waals surface area contributed by atoms with Crippen molar-refractivity contribution in [1.29, 1.82) is 0 Å². The highest BCUT2D eigenvalue weighted by Gasteiger charge is 2.35. The van der Waals surface area contributed by atoms with Crippen LogP contribution in [0, 0.1) is 0 Å². The lowest BCUT2D eigenvalue weighted by molar-refractivity contribution is 0.0686. The van der Waals surface area contributed by atoms with E-state index in [1.807, 2.05) is 0 Å². The molecule has 2 N–H and O–H groups in total. The van der Waals surface area contributed by atoms with E-state index >= 15 is 0 Å². The predicted octanol–water partition coefficient (Wildman–Crippen LogP) is 4.33. The molecule has 0 bridgehead atoms. The highest BCUT2D eigenvalue weighted by molar-refractivity contribution is 7.92. The molecular weight excluding hydrogens is 408 g/mol. The average molecular weight is 420 g/mol. The number of fused-ring (bicyclic) bond motifs is 6. The zero-order valence-corrected chi connectivity index (χ0v) is 15.9. The molecule has 0 aliphatic carbocycles. The van der Waals surface area contributed by atoms with Crippen molar-refractivity contribution in [1.82, 2.24) is 0 Å². The van der Waals surface area contributed by atoms with Crippen LogP contribution in [-0.4, -0.2) is 30.6 Å². The van der Waals surface area contributed by atoms with E-state index in [0.717, 1.165) is 0 Å². The van der Waals surface area contributed by atoms with Gasteiger partial charge in [-0.25, -0.2) is 18.0 Å². The molecule has 30 heavy (non-hydrogen) atoms. The van der Waals surface area contributed by atoms with Crippen molar-refractivity contribution >= 4 is 43.3 Å². The maximum atomic E-state index is 13.6. The number of ether oxygens (including phenoxy) is 1. The number of hydrogen-bond acceptors (Lipinski definition) is 5. The lowest BCUT2D eigenvalue weighted by atomic mass is 10.1. The monoisotopic (exact) mass is 420 g/mol. The van der Waals surface area contributed by atoms with Gasteiger partial charge in [0.1, 0.15) is 21.3 Å². The smallest absolute Gasteiger partial charge is 0.335 e. The Morgan fingerprint density at radius 2 is 1.10 bits per heavy atom. The van der Waals surface area contributed by atoms with Gasteiger partial charge < -0.3 is 14.9 Å². The summed E-state index contributed by atoms with van der Waals surface area (Å²) in [7, 11) is -4.04. The Balaban J connectivity index is 1.82. The molecule has 0 spiro atoms. The summed E-state index contributed by atoms with van der Waals surface area (Å²) in [6, 6.07) is 14.6. The summed E-state index contributed by atoms with van der Waals surface area (Å²) in [6.07, 6.45) is 0. The molecule has 1 aliphatic rings. The fourth-order valence-electron chi connectivity index (χ4n) is 3.76. The quantitative estimate of drug-likeness (QED) is 0.436. The van der Waals surface area contributed by atoms with Gasteiger partial charge in [0.15, 0.2) is 0 Å². The van der Waals surface area contributed by atoms with E-state index in [-0.39, 0.29) is 32.4 Å². The van der Waals surface area contributed by atoms with Gasteiger partial charge in [0.25, 0.3) is 0 Å². The third-order valence-corrected chi connectivity index (χ3v) is 7.04. The van der Waals surface area contributed by atoms with Crippen LogP contribution < -0.4 is 4.74 Å². The Morgan fingerprint density at radius 1 is 0.667 bits per heavy atom. The van der Waals surface area contributed by atoms with Crippen LogP contribution >= 0.6 is 0 Å². The Hall–Kier alpha value is -3.91. The fourth-order valence-corrected chi connectivity index (χ4v) is 5.67. The summed E-state index contributed by atoms with van der Waals surface area (Å²) in [4.78, 5) is 22.4. The Morgan fingerprint density at radius 3 is 1.50 bits per heavy atom. The molecule has 0 saturated carbocycles. The largest absolute Gasteiger partial charge is 0.478 e. The van der Waals surface area contributed by atoms with Crippen molar-refractivity contribution in [2.45, 2.75) is 9.79 Å². The maximum Gasteiger partial charge on any atom is 0.335 e. The summed E-state index contributed by atoms with van der Waals surface area (Å²) >= 11 is 0. The molecule has 0 atom stereocenters. The van der Waals surface area contributed by atoms with E-state index in [1.165, 1.54) is 48.5 Å². The van der Waals surface area contributed by atoms with E-state index in [2.05, 4.69) is 0 Å².